The molecule has 1 heterocycles. The van der Waals surface area contributed by atoms with E-state index in [1.165, 1.54) is 4.90 Å². The molecule has 1 aliphatic heterocycles. The van der Waals surface area contributed by atoms with Gasteiger partial charge in [0, 0.05) is 22.9 Å². The highest BCUT2D eigenvalue weighted by Gasteiger charge is 2.39. The highest BCUT2D eigenvalue weighted by molar-refractivity contribution is 9.10. The molecule has 4 nitrogen and oxygen atoms in total. The van der Waals surface area contributed by atoms with Gasteiger partial charge in [0.15, 0.2) is 0 Å². The standard InChI is InChI=1S/C14H15BrN2O2S/c1-14(2)6-11(18)17(12(19)7-14)10-4-3-8(15)5-9(10)13(16)20/h3-5H,6-7H2,1-2H3,(H2,16,20). The summed E-state index contributed by atoms with van der Waals surface area (Å²) in [5, 5.41) is 0. The molecule has 1 fully saturated rings. The van der Waals surface area contributed by atoms with Gasteiger partial charge in [-0.2, -0.15) is 0 Å². The summed E-state index contributed by atoms with van der Waals surface area (Å²) in [6.45, 7) is 3.83. The minimum Gasteiger partial charge on any atom is -0.389 e. The van der Waals surface area contributed by atoms with Crippen molar-refractivity contribution in [1.29, 1.82) is 0 Å². The molecule has 0 spiro atoms. The molecule has 0 unspecified atom stereocenters. The summed E-state index contributed by atoms with van der Waals surface area (Å²) in [5.74, 6) is -0.433. The summed E-state index contributed by atoms with van der Waals surface area (Å²) in [7, 11) is 0. The molecule has 0 radical (unpaired) electrons. The van der Waals surface area contributed by atoms with E-state index >= 15 is 0 Å². The summed E-state index contributed by atoms with van der Waals surface area (Å²) in [6.07, 6.45) is 0.650. The molecule has 2 rings (SSSR count). The van der Waals surface area contributed by atoms with Crippen molar-refractivity contribution >= 4 is 50.6 Å². The van der Waals surface area contributed by atoms with Gasteiger partial charge >= 0.3 is 0 Å². The first-order valence-corrected chi connectivity index (χ1v) is 7.36. The number of rotatable bonds is 2. The third kappa shape index (κ3) is 2.91. The maximum atomic E-state index is 12.3. The number of hydrogen-bond donors (Lipinski definition) is 1. The van der Waals surface area contributed by atoms with Gasteiger partial charge in [-0.15, -0.1) is 0 Å². The third-order valence-electron chi connectivity index (χ3n) is 3.22. The van der Waals surface area contributed by atoms with Crippen LogP contribution in [0.25, 0.3) is 0 Å². The van der Waals surface area contributed by atoms with Crippen molar-refractivity contribution in [2.45, 2.75) is 26.7 Å². The molecule has 1 saturated heterocycles. The Morgan fingerprint density at radius 3 is 2.35 bits per heavy atom. The smallest absolute Gasteiger partial charge is 0.234 e. The molecule has 2 N–H and O–H groups in total. The van der Waals surface area contributed by atoms with Crippen molar-refractivity contribution < 1.29 is 9.59 Å². The van der Waals surface area contributed by atoms with Gasteiger partial charge in [-0.05, 0) is 23.6 Å². The van der Waals surface area contributed by atoms with Gasteiger partial charge in [0.1, 0.15) is 4.99 Å². The Morgan fingerprint density at radius 1 is 1.30 bits per heavy atom. The van der Waals surface area contributed by atoms with Crippen LogP contribution in [0.5, 0.6) is 0 Å². The predicted octanol–water partition coefficient (Wildman–Crippen LogP) is 2.76. The van der Waals surface area contributed by atoms with Gasteiger partial charge in [0.05, 0.1) is 5.69 Å². The van der Waals surface area contributed by atoms with Crippen LogP contribution in [0.3, 0.4) is 0 Å². The number of thiocarbonyl (C=S) groups is 1. The minimum absolute atomic E-state index is 0.159. The Hall–Kier alpha value is -1.27. The quantitative estimate of drug-likeness (QED) is 0.655. The number of imide groups is 1. The first-order chi connectivity index (χ1) is 9.21. The molecule has 20 heavy (non-hydrogen) atoms. The topological polar surface area (TPSA) is 63.4 Å². The molecule has 0 aromatic heterocycles. The van der Waals surface area contributed by atoms with Crippen molar-refractivity contribution in [3.05, 3.63) is 28.2 Å². The van der Waals surface area contributed by atoms with E-state index in [1.807, 2.05) is 13.8 Å². The maximum Gasteiger partial charge on any atom is 0.234 e. The molecule has 1 aliphatic rings. The molecule has 0 bridgehead atoms. The second-order valence-corrected chi connectivity index (χ2v) is 7.02. The summed E-state index contributed by atoms with van der Waals surface area (Å²) >= 11 is 8.34. The van der Waals surface area contributed by atoms with Crippen molar-refractivity contribution in [2.75, 3.05) is 4.90 Å². The Kier molecular flexibility index (Phi) is 3.97. The Bertz CT molecular complexity index is 593. The average Bonchev–Trinajstić information content (AvgIpc) is 2.28. The average molecular weight is 355 g/mol. The summed E-state index contributed by atoms with van der Waals surface area (Å²) < 4.78 is 0.793. The number of amides is 2. The van der Waals surface area contributed by atoms with Gasteiger partial charge in [0.25, 0.3) is 0 Å². The molecule has 0 saturated carbocycles. The molecule has 0 atom stereocenters. The van der Waals surface area contributed by atoms with E-state index in [9.17, 15) is 9.59 Å². The zero-order chi connectivity index (χ0) is 15.1. The summed E-state index contributed by atoms with van der Waals surface area (Å²) in [5.41, 5.74) is 6.38. The predicted molar refractivity (Wildman–Crippen MR) is 85.5 cm³/mol. The van der Waals surface area contributed by atoms with Gasteiger partial charge < -0.3 is 5.73 Å². The SMILES string of the molecule is CC1(C)CC(=O)N(c2ccc(Br)cc2C(N)=S)C(=O)C1. The second-order valence-electron chi connectivity index (χ2n) is 5.67. The molecule has 1 aromatic rings. The lowest BCUT2D eigenvalue weighted by atomic mass is 9.81. The van der Waals surface area contributed by atoms with E-state index in [0.29, 0.717) is 24.1 Å². The van der Waals surface area contributed by atoms with Crippen LogP contribution < -0.4 is 10.6 Å². The van der Waals surface area contributed by atoms with Crippen LogP contribution in [-0.4, -0.2) is 16.8 Å². The van der Waals surface area contributed by atoms with Crippen molar-refractivity contribution in [3.8, 4) is 0 Å². The number of carbonyl (C=O) groups excluding carboxylic acids is 2. The monoisotopic (exact) mass is 354 g/mol. The number of piperidine rings is 1. The van der Waals surface area contributed by atoms with Crippen LogP contribution in [0.1, 0.15) is 32.3 Å². The summed E-state index contributed by atoms with van der Waals surface area (Å²) in [6, 6.07) is 5.17. The Morgan fingerprint density at radius 2 is 1.85 bits per heavy atom. The fourth-order valence-electron chi connectivity index (χ4n) is 2.35. The highest BCUT2D eigenvalue weighted by Crippen LogP contribution is 2.35. The number of benzene rings is 1. The van der Waals surface area contributed by atoms with Gasteiger partial charge in [-0.25, -0.2) is 4.90 Å². The van der Waals surface area contributed by atoms with Crippen LogP contribution in [0.15, 0.2) is 22.7 Å². The molecular formula is C14H15BrN2O2S. The molecule has 6 heteroatoms. The normalized spacial score (nSPS) is 18.2. The van der Waals surface area contributed by atoms with Gasteiger partial charge in [-0.3, -0.25) is 9.59 Å². The van der Waals surface area contributed by atoms with E-state index in [0.717, 1.165) is 4.47 Å². The van der Waals surface area contributed by atoms with Crippen LogP contribution >= 0.6 is 28.1 Å². The number of anilines is 1. The Labute approximate surface area is 131 Å². The fraction of sp³-hybridized carbons (Fsp3) is 0.357. The lowest BCUT2D eigenvalue weighted by molar-refractivity contribution is -0.132. The number of nitrogens with zero attached hydrogens (tertiary/aromatic N) is 1. The molecule has 1 aromatic carbocycles. The molecular weight excluding hydrogens is 340 g/mol. The molecule has 2 amide bonds. The second kappa shape index (κ2) is 5.26. The number of halogens is 1. The minimum atomic E-state index is -0.302. The first-order valence-electron chi connectivity index (χ1n) is 6.16. The number of carbonyl (C=O) groups is 2. The molecule has 0 aliphatic carbocycles. The van der Waals surface area contributed by atoms with Crippen LogP contribution in [-0.2, 0) is 9.59 Å². The lowest BCUT2D eigenvalue weighted by Gasteiger charge is -2.35. The maximum absolute atomic E-state index is 12.3. The van der Waals surface area contributed by atoms with Crippen molar-refractivity contribution in [2.24, 2.45) is 11.1 Å². The number of nitrogens with two attached hydrogens (primary N) is 1. The first kappa shape index (κ1) is 15.1. The zero-order valence-electron chi connectivity index (χ0n) is 11.3. The Balaban J connectivity index is 2.49. The molecule has 106 valence electrons. The highest BCUT2D eigenvalue weighted by atomic mass is 79.9. The van der Waals surface area contributed by atoms with Crippen LogP contribution in [0.2, 0.25) is 0 Å². The van der Waals surface area contributed by atoms with E-state index in [4.69, 9.17) is 18.0 Å². The zero-order valence-corrected chi connectivity index (χ0v) is 13.7. The number of hydrogen-bond acceptors (Lipinski definition) is 3. The van der Waals surface area contributed by atoms with Gasteiger partial charge in [-0.1, -0.05) is 42.0 Å². The van der Waals surface area contributed by atoms with E-state index in [1.54, 1.807) is 18.2 Å². The van der Waals surface area contributed by atoms with E-state index < -0.39 is 0 Å². The van der Waals surface area contributed by atoms with Gasteiger partial charge in [0.2, 0.25) is 11.8 Å². The van der Waals surface area contributed by atoms with Crippen molar-refractivity contribution in [1.82, 2.24) is 0 Å². The third-order valence-corrected chi connectivity index (χ3v) is 3.94. The lowest BCUT2D eigenvalue weighted by Crippen LogP contribution is -2.47. The van der Waals surface area contributed by atoms with Crippen LogP contribution in [0, 0.1) is 5.41 Å². The van der Waals surface area contributed by atoms with E-state index in [2.05, 4.69) is 15.9 Å². The van der Waals surface area contributed by atoms with Crippen LogP contribution in [0.4, 0.5) is 5.69 Å². The van der Waals surface area contributed by atoms with E-state index in [-0.39, 0.29) is 22.2 Å². The van der Waals surface area contributed by atoms with Crippen molar-refractivity contribution in [3.63, 3.8) is 0 Å². The fourth-order valence-corrected chi connectivity index (χ4v) is 2.87. The summed E-state index contributed by atoms with van der Waals surface area (Å²) in [4.78, 5) is 25.9. The largest absolute Gasteiger partial charge is 0.389 e.